The predicted molar refractivity (Wildman–Crippen MR) is 137 cm³/mol. The SMILES string of the molecule is CCC(NC(=O)c1ccc(NS(=O)(=O)c2ccc(C)cc2)cc1Cl)c1ccc2c(c1)CCCC2. The van der Waals surface area contributed by atoms with E-state index in [0.717, 1.165) is 30.4 Å². The van der Waals surface area contributed by atoms with Gasteiger partial charge in [0, 0.05) is 0 Å². The molecule has 3 aromatic carbocycles. The fourth-order valence-electron chi connectivity index (χ4n) is 4.32. The summed E-state index contributed by atoms with van der Waals surface area (Å²) in [7, 11) is -3.76. The highest BCUT2D eigenvalue weighted by molar-refractivity contribution is 7.92. The van der Waals surface area contributed by atoms with Crippen molar-refractivity contribution in [3.8, 4) is 0 Å². The van der Waals surface area contributed by atoms with Crippen molar-refractivity contribution in [3.63, 3.8) is 0 Å². The Morgan fingerprint density at radius 1 is 0.971 bits per heavy atom. The summed E-state index contributed by atoms with van der Waals surface area (Å²) in [5, 5.41) is 3.27. The lowest BCUT2D eigenvalue weighted by molar-refractivity contribution is 0.0935. The number of hydrogen-bond donors (Lipinski definition) is 2. The summed E-state index contributed by atoms with van der Waals surface area (Å²) in [5.74, 6) is -0.289. The highest BCUT2D eigenvalue weighted by Gasteiger charge is 2.20. The van der Waals surface area contributed by atoms with Crippen molar-refractivity contribution in [2.24, 2.45) is 0 Å². The van der Waals surface area contributed by atoms with Gasteiger partial charge >= 0.3 is 0 Å². The summed E-state index contributed by atoms with van der Waals surface area (Å²) >= 11 is 6.39. The van der Waals surface area contributed by atoms with Gasteiger partial charge < -0.3 is 5.32 Å². The van der Waals surface area contributed by atoms with E-state index >= 15 is 0 Å². The zero-order chi connectivity index (χ0) is 24.3. The van der Waals surface area contributed by atoms with E-state index in [1.165, 1.54) is 30.0 Å². The van der Waals surface area contributed by atoms with Gasteiger partial charge in [-0.1, -0.05) is 54.4 Å². The van der Waals surface area contributed by atoms with Gasteiger partial charge in [-0.25, -0.2) is 8.42 Å². The molecular formula is C27H29ClN2O3S. The van der Waals surface area contributed by atoms with E-state index < -0.39 is 10.0 Å². The van der Waals surface area contributed by atoms with Crippen molar-refractivity contribution in [3.05, 3.63) is 93.5 Å². The Morgan fingerprint density at radius 3 is 2.35 bits per heavy atom. The topological polar surface area (TPSA) is 75.3 Å². The first kappa shape index (κ1) is 24.3. The molecule has 0 heterocycles. The average molecular weight is 497 g/mol. The van der Waals surface area contributed by atoms with Crippen LogP contribution in [0.15, 0.2) is 65.6 Å². The second kappa shape index (κ2) is 10.2. The number of anilines is 1. The van der Waals surface area contributed by atoms with Crippen LogP contribution in [0.4, 0.5) is 5.69 Å². The summed E-state index contributed by atoms with van der Waals surface area (Å²) in [6.07, 6.45) is 5.38. The fourth-order valence-corrected chi connectivity index (χ4v) is 5.64. The molecule has 1 atom stereocenters. The van der Waals surface area contributed by atoms with Gasteiger partial charge in [-0.2, -0.15) is 0 Å². The van der Waals surface area contributed by atoms with Crippen LogP contribution in [0.3, 0.4) is 0 Å². The third-order valence-corrected chi connectivity index (χ3v) is 8.00. The lowest BCUT2D eigenvalue weighted by atomic mass is 9.88. The van der Waals surface area contributed by atoms with Crippen LogP contribution in [-0.2, 0) is 22.9 Å². The molecule has 0 fully saturated rings. The van der Waals surface area contributed by atoms with Crippen molar-refractivity contribution in [2.75, 3.05) is 4.72 Å². The van der Waals surface area contributed by atoms with Crippen molar-refractivity contribution in [1.29, 1.82) is 0 Å². The van der Waals surface area contributed by atoms with Crippen molar-refractivity contribution in [1.82, 2.24) is 5.32 Å². The number of rotatable bonds is 7. The molecular weight excluding hydrogens is 468 g/mol. The van der Waals surface area contributed by atoms with E-state index in [9.17, 15) is 13.2 Å². The van der Waals surface area contributed by atoms with Crippen molar-refractivity contribution < 1.29 is 13.2 Å². The standard InChI is InChI=1S/C27H29ClN2O3S/c1-3-26(21-11-10-19-6-4-5-7-20(19)16-21)29-27(31)24-15-12-22(17-25(24)28)30-34(32,33)23-13-8-18(2)9-14-23/h8-17,26,30H,3-7H2,1-2H3,(H,29,31). The molecule has 3 aromatic rings. The van der Waals surface area contributed by atoms with Crippen LogP contribution in [0.25, 0.3) is 0 Å². The summed E-state index contributed by atoms with van der Waals surface area (Å²) < 4.78 is 27.8. The molecule has 0 aliphatic heterocycles. The molecule has 7 heteroatoms. The minimum Gasteiger partial charge on any atom is -0.345 e. The number of benzene rings is 3. The molecule has 178 valence electrons. The Kier molecular flexibility index (Phi) is 7.29. The fraction of sp³-hybridized carbons (Fsp3) is 0.296. The zero-order valence-electron chi connectivity index (χ0n) is 19.4. The third-order valence-electron chi connectivity index (χ3n) is 6.29. The molecule has 0 bridgehead atoms. The number of carbonyl (C=O) groups excluding carboxylic acids is 1. The molecule has 0 saturated heterocycles. The number of aryl methyl sites for hydroxylation is 3. The smallest absolute Gasteiger partial charge is 0.261 e. The molecule has 2 N–H and O–H groups in total. The summed E-state index contributed by atoms with van der Waals surface area (Å²) in [4.78, 5) is 13.2. The Labute approximate surface area is 206 Å². The molecule has 0 spiro atoms. The number of halogens is 1. The Hall–Kier alpha value is -2.83. The number of carbonyl (C=O) groups is 1. The van der Waals surface area contributed by atoms with Gasteiger partial charge in [-0.15, -0.1) is 0 Å². The maximum absolute atomic E-state index is 13.0. The maximum Gasteiger partial charge on any atom is 0.261 e. The van der Waals surface area contributed by atoms with Crippen LogP contribution in [0.5, 0.6) is 0 Å². The van der Waals surface area contributed by atoms with Crippen molar-refractivity contribution in [2.45, 2.75) is 56.9 Å². The van der Waals surface area contributed by atoms with E-state index in [2.05, 4.69) is 28.2 Å². The molecule has 0 radical (unpaired) electrons. The Bertz CT molecular complexity index is 1300. The van der Waals surface area contributed by atoms with E-state index in [1.54, 1.807) is 36.4 Å². The number of sulfonamides is 1. The summed E-state index contributed by atoms with van der Waals surface area (Å²) in [5.41, 5.74) is 5.44. The van der Waals surface area contributed by atoms with Crippen LogP contribution in [0, 0.1) is 6.92 Å². The third kappa shape index (κ3) is 5.45. The van der Waals surface area contributed by atoms with E-state index in [4.69, 9.17) is 11.6 Å². The van der Waals surface area contributed by atoms with Crippen LogP contribution >= 0.6 is 11.6 Å². The molecule has 34 heavy (non-hydrogen) atoms. The van der Waals surface area contributed by atoms with Gasteiger partial charge in [-0.3, -0.25) is 9.52 Å². The summed E-state index contributed by atoms with van der Waals surface area (Å²) in [6.45, 7) is 3.93. The molecule has 1 amide bonds. The Balaban J connectivity index is 1.48. The maximum atomic E-state index is 13.0. The van der Waals surface area contributed by atoms with Crippen LogP contribution in [-0.4, -0.2) is 14.3 Å². The highest BCUT2D eigenvalue weighted by atomic mass is 35.5. The van der Waals surface area contributed by atoms with Gasteiger partial charge in [0.15, 0.2) is 0 Å². The quantitative estimate of drug-likeness (QED) is 0.408. The average Bonchev–Trinajstić information content (AvgIpc) is 2.82. The molecule has 1 aliphatic carbocycles. The number of nitrogens with one attached hydrogen (secondary N) is 2. The Morgan fingerprint density at radius 2 is 1.68 bits per heavy atom. The molecule has 5 nitrogen and oxygen atoms in total. The molecule has 1 unspecified atom stereocenters. The van der Waals surface area contributed by atoms with Crippen LogP contribution in [0.2, 0.25) is 5.02 Å². The molecule has 0 aromatic heterocycles. The van der Waals surface area contributed by atoms with Crippen LogP contribution < -0.4 is 10.0 Å². The van der Waals surface area contributed by atoms with Gasteiger partial charge in [0.25, 0.3) is 15.9 Å². The lowest BCUT2D eigenvalue weighted by Gasteiger charge is -2.22. The van der Waals surface area contributed by atoms with E-state index in [-0.39, 0.29) is 21.9 Å². The largest absolute Gasteiger partial charge is 0.345 e. The second-order valence-electron chi connectivity index (χ2n) is 8.78. The normalized spacial score (nSPS) is 14.2. The monoisotopic (exact) mass is 496 g/mol. The molecule has 1 aliphatic rings. The lowest BCUT2D eigenvalue weighted by Crippen LogP contribution is -2.28. The minimum absolute atomic E-state index is 0.129. The summed E-state index contributed by atoms with van der Waals surface area (Å²) in [6, 6.07) is 17.5. The van der Waals surface area contributed by atoms with E-state index in [1.807, 2.05) is 13.8 Å². The van der Waals surface area contributed by atoms with Gasteiger partial charge in [0.05, 0.1) is 27.2 Å². The first-order chi connectivity index (χ1) is 16.3. The number of fused-ring (bicyclic) bond motifs is 1. The van der Waals surface area contributed by atoms with E-state index in [0.29, 0.717) is 11.3 Å². The first-order valence-corrected chi connectivity index (χ1v) is 13.4. The second-order valence-corrected chi connectivity index (χ2v) is 10.9. The highest BCUT2D eigenvalue weighted by Crippen LogP contribution is 2.28. The van der Waals surface area contributed by atoms with Gasteiger partial charge in [-0.05, 0) is 86.1 Å². The molecule has 0 saturated carbocycles. The number of amides is 1. The molecule has 4 rings (SSSR count). The minimum atomic E-state index is -3.76. The van der Waals surface area contributed by atoms with Gasteiger partial charge in [0.1, 0.15) is 0 Å². The number of hydrogen-bond acceptors (Lipinski definition) is 3. The van der Waals surface area contributed by atoms with Gasteiger partial charge in [0.2, 0.25) is 0 Å². The van der Waals surface area contributed by atoms with Crippen molar-refractivity contribution >= 4 is 33.2 Å². The zero-order valence-corrected chi connectivity index (χ0v) is 21.0. The van der Waals surface area contributed by atoms with Crippen LogP contribution in [0.1, 0.15) is 64.8 Å². The first-order valence-electron chi connectivity index (χ1n) is 11.6. The predicted octanol–water partition coefficient (Wildman–Crippen LogP) is 6.21.